The number of carbonyl (C=O) groups is 2. The number of hydrogen-bond acceptors (Lipinski definition) is 4. The van der Waals surface area contributed by atoms with Gasteiger partial charge in [-0.3, -0.25) is 4.79 Å². The Morgan fingerprint density at radius 3 is 1.91 bits per heavy atom. The van der Waals surface area contributed by atoms with Gasteiger partial charge in [0.25, 0.3) is 0 Å². The Labute approximate surface area is 132 Å². The molecule has 0 aromatic carbocycles. The number of cyclic esters (lactones) is 1. The summed E-state index contributed by atoms with van der Waals surface area (Å²) in [5, 5.41) is 9.64. The molecule has 0 aromatic rings. The number of rotatable bonds is 3. The van der Waals surface area contributed by atoms with E-state index in [0.29, 0.717) is 0 Å². The number of ketones is 1. The van der Waals surface area contributed by atoms with Crippen LogP contribution in [0.15, 0.2) is 11.3 Å². The fraction of sp³-hybridized carbons (Fsp3) is 0.778. The molecule has 0 amide bonds. The highest BCUT2D eigenvalue weighted by Crippen LogP contribution is 2.26. The quantitative estimate of drug-likeness (QED) is 0.792. The summed E-state index contributed by atoms with van der Waals surface area (Å²) in [7, 11) is 0. The SMILES string of the molecule is O=C1OCC(O)=C1CC(=O)C1CCCCCCCCCCC1. The summed E-state index contributed by atoms with van der Waals surface area (Å²) in [6, 6.07) is 0. The number of Topliss-reactive ketones (excluding diaryl/α,β-unsaturated/α-hetero) is 1. The Kier molecular flexibility index (Phi) is 6.94. The Morgan fingerprint density at radius 2 is 1.45 bits per heavy atom. The average molecular weight is 308 g/mol. The molecule has 2 aliphatic rings. The Balaban J connectivity index is 1.89. The van der Waals surface area contributed by atoms with Crippen LogP contribution in [0.4, 0.5) is 0 Å². The van der Waals surface area contributed by atoms with Crippen LogP contribution in [0.25, 0.3) is 0 Å². The Bertz CT molecular complexity index is 413. The van der Waals surface area contributed by atoms with Gasteiger partial charge in [0.15, 0.2) is 0 Å². The zero-order chi connectivity index (χ0) is 15.8. The molecule has 0 bridgehead atoms. The van der Waals surface area contributed by atoms with Crippen molar-refractivity contribution in [3.63, 3.8) is 0 Å². The number of ether oxygens (including phenoxy) is 1. The highest BCUT2D eigenvalue weighted by molar-refractivity contribution is 5.98. The molecule has 1 heterocycles. The topological polar surface area (TPSA) is 63.6 Å². The van der Waals surface area contributed by atoms with Gasteiger partial charge in [-0.1, -0.05) is 57.8 Å². The lowest BCUT2D eigenvalue weighted by atomic mass is 9.87. The summed E-state index contributed by atoms with van der Waals surface area (Å²) in [6.07, 6.45) is 12.9. The van der Waals surface area contributed by atoms with E-state index in [1.807, 2.05) is 0 Å². The fourth-order valence-corrected chi connectivity index (χ4v) is 3.40. The molecule has 0 unspecified atom stereocenters. The van der Waals surface area contributed by atoms with Gasteiger partial charge in [-0.15, -0.1) is 0 Å². The monoisotopic (exact) mass is 308 g/mol. The minimum Gasteiger partial charge on any atom is -0.508 e. The van der Waals surface area contributed by atoms with Gasteiger partial charge in [-0.25, -0.2) is 4.79 Å². The fourth-order valence-electron chi connectivity index (χ4n) is 3.40. The molecule has 4 nitrogen and oxygen atoms in total. The number of aliphatic hydroxyl groups excluding tert-OH is 1. The van der Waals surface area contributed by atoms with Crippen LogP contribution in [0.5, 0.6) is 0 Å². The molecule has 2 rings (SSSR count). The van der Waals surface area contributed by atoms with E-state index in [1.54, 1.807) is 0 Å². The second kappa shape index (κ2) is 8.96. The number of hydrogen-bond donors (Lipinski definition) is 1. The van der Waals surface area contributed by atoms with Crippen LogP contribution in [-0.2, 0) is 14.3 Å². The second-order valence-corrected chi connectivity index (χ2v) is 6.60. The first-order chi connectivity index (χ1) is 10.7. The van der Waals surface area contributed by atoms with E-state index in [2.05, 4.69) is 0 Å². The summed E-state index contributed by atoms with van der Waals surface area (Å²) < 4.78 is 4.76. The number of carbonyl (C=O) groups excluding carboxylic acids is 2. The molecule has 22 heavy (non-hydrogen) atoms. The van der Waals surface area contributed by atoms with Crippen molar-refractivity contribution in [1.82, 2.24) is 0 Å². The molecule has 0 aromatic heterocycles. The van der Waals surface area contributed by atoms with Crippen molar-refractivity contribution in [2.45, 2.75) is 77.0 Å². The zero-order valence-corrected chi connectivity index (χ0v) is 13.4. The standard InChI is InChI=1S/C18H28O4/c19-16(12-15-17(20)13-22-18(15)21)14-10-8-6-4-2-1-3-5-7-9-11-14/h14,20H,1-13H2. The molecule has 124 valence electrons. The number of esters is 1. The van der Waals surface area contributed by atoms with E-state index >= 15 is 0 Å². The maximum atomic E-state index is 12.5. The maximum absolute atomic E-state index is 12.5. The van der Waals surface area contributed by atoms with Crippen LogP contribution in [-0.4, -0.2) is 23.5 Å². The van der Waals surface area contributed by atoms with Crippen molar-refractivity contribution in [2.24, 2.45) is 5.92 Å². The molecule has 1 aliphatic heterocycles. The minimum absolute atomic E-state index is 0.0353. The van der Waals surface area contributed by atoms with Crippen molar-refractivity contribution in [3.8, 4) is 0 Å². The molecule has 1 saturated carbocycles. The molecule has 4 heteroatoms. The minimum atomic E-state index is -0.529. The average Bonchev–Trinajstić information content (AvgIpc) is 2.79. The third-order valence-corrected chi connectivity index (χ3v) is 4.85. The number of aliphatic hydroxyl groups is 1. The lowest BCUT2D eigenvalue weighted by Crippen LogP contribution is -2.17. The maximum Gasteiger partial charge on any atom is 0.338 e. The Morgan fingerprint density at radius 1 is 0.955 bits per heavy atom. The van der Waals surface area contributed by atoms with Gasteiger partial charge in [-0.05, 0) is 12.8 Å². The zero-order valence-electron chi connectivity index (χ0n) is 13.4. The molecule has 1 N–H and O–H groups in total. The lowest BCUT2D eigenvalue weighted by Gasteiger charge is -2.16. The van der Waals surface area contributed by atoms with Crippen LogP contribution in [0.2, 0.25) is 0 Å². The van der Waals surface area contributed by atoms with E-state index in [1.165, 1.54) is 44.9 Å². The van der Waals surface area contributed by atoms with E-state index in [0.717, 1.165) is 25.7 Å². The molecule has 0 saturated heterocycles. The van der Waals surface area contributed by atoms with Gasteiger partial charge < -0.3 is 9.84 Å². The predicted molar refractivity (Wildman–Crippen MR) is 84.5 cm³/mol. The van der Waals surface area contributed by atoms with Crippen LogP contribution >= 0.6 is 0 Å². The van der Waals surface area contributed by atoms with E-state index in [4.69, 9.17) is 4.74 Å². The van der Waals surface area contributed by atoms with Crippen molar-refractivity contribution >= 4 is 11.8 Å². The van der Waals surface area contributed by atoms with Gasteiger partial charge in [0.2, 0.25) is 0 Å². The van der Waals surface area contributed by atoms with E-state index in [-0.39, 0.29) is 36.1 Å². The van der Waals surface area contributed by atoms with Gasteiger partial charge in [-0.2, -0.15) is 0 Å². The van der Waals surface area contributed by atoms with E-state index < -0.39 is 5.97 Å². The third kappa shape index (κ3) is 5.15. The van der Waals surface area contributed by atoms with Gasteiger partial charge in [0.05, 0.1) is 5.57 Å². The highest BCUT2D eigenvalue weighted by Gasteiger charge is 2.29. The van der Waals surface area contributed by atoms with Crippen molar-refractivity contribution in [1.29, 1.82) is 0 Å². The van der Waals surface area contributed by atoms with Crippen LogP contribution < -0.4 is 0 Å². The summed E-state index contributed by atoms with van der Waals surface area (Å²) in [6.45, 7) is -0.0773. The lowest BCUT2D eigenvalue weighted by molar-refractivity contribution is -0.137. The van der Waals surface area contributed by atoms with E-state index in [9.17, 15) is 14.7 Å². The van der Waals surface area contributed by atoms with Crippen LogP contribution in [0.1, 0.15) is 77.0 Å². The largest absolute Gasteiger partial charge is 0.508 e. The normalized spacial score (nSPS) is 22.8. The van der Waals surface area contributed by atoms with Gasteiger partial charge in [0.1, 0.15) is 18.1 Å². The van der Waals surface area contributed by atoms with Gasteiger partial charge >= 0.3 is 5.97 Å². The highest BCUT2D eigenvalue weighted by atomic mass is 16.5. The molecular weight excluding hydrogens is 280 g/mol. The first kappa shape index (κ1) is 17.0. The van der Waals surface area contributed by atoms with Crippen molar-refractivity contribution in [3.05, 3.63) is 11.3 Å². The molecular formula is C18H28O4. The van der Waals surface area contributed by atoms with Crippen LogP contribution in [0.3, 0.4) is 0 Å². The summed E-state index contributed by atoms with van der Waals surface area (Å²) >= 11 is 0. The molecule has 0 atom stereocenters. The Hall–Kier alpha value is -1.32. The smallest absolute Gasteiger partial charge is 0.338 e. The predicted octanol–water partition coefficient (Wildman–Crippen LogP) is 4.24. The summed E-state index contributed by atoms with van der Waals surface area (Å²) in [4.78, 5) is 24.0. The first-order valence-electron chi connectivity index (χ1n) is 8.79. The second-order valence-electron chi connectivity index (χ2n) is 6.60. The molecule has 0 spiro atoms. The molecule has 0 radical (unpaired) electrons. The van der Waals surface area contributed by atoms with Crippen molar-refractivity contribution in [2.75, 3.05) is 6.61 Å². The summed E-state index contributed by atoms with van der Waals surface area (Å²) in [5.41, 5.74) is 0.177. The third-order valence-electron chi connectivity index (χ3n) is 4.85. The van der Waals surface area contributed by atoms with Gasteiger partial charge in [0, 0.05) is 12.3 Å². The molecule has 1 fully saturated rings. The van der Waals surface area contributed by atoms with Crippen LogP contribution in [0, 0.1) is 5.92 Å². The van der Waals surface area contributed by atoms with Crippen molar-refractivity contribution < 1.29 is 19.4 Å². The summed E-state index contributed by atoms with van der Waals surface area (Å²) in [5.74, 6) is -0.462. The first-order valence-corrected chi connectivity index (χ1v) is 8.79. The molecule has 1 aliphatic carbocycles.